The van der Waals surface area contributed by atoms with Crippen LogP contribution in [-0.4, -0.2) is 16.6 Å². The predicted octanol–water partition coefficient (Wildman–Crippen LogP) is 1.96. The molecule has 0 radical (unpaired) electrons. The van der Waals surface area contributed by atoms with Crippen LogP contribution in [0.15, 0.2) is 29.2 Å². The minimum absolute atomic E-state index is 0.406. The normalized spacial score (nSPS) is 12.8. The molecule has 2 nitrogen and oxygen atoms in total. The van der Waals surface area contributed by atoms with Crippen molar-refractivity contribution < 1.29 is 8.39 Å². The molecule has 4 heteroatoms. The van der Waals surface area contributed by atoms with Crippen LogP contribution < -0.4 is 0 Å². The van der Waals surface area contributed by atoms with Crippen LogP contribution in [0.4, 0.5) is 0 Å². The summed E-state index contributed by atoms with van der Waals surface area (Å²) in [6, 6.07) is 7.66. The van der Waals surface area contributed by atoms with Crippen LogP contribution in [0, 0.1) is 6.92 Å². The van der Waals surface area contributed by atoms with E-state index in [0.717, 1.165) is 4.90 Å². The van der Waals surface area contributed by atoms with Gasteiger partial charge in [-0.15, -0.1) is 0 Å². The second-order valence-electron chi connectivity index (χ2n) is 2.70. The third-order valence-corrected chi connectivity index (χ3v) is 3.16. The minimum Gasteiger partial charge on any atom is -0.318 e. The molecule has 1 aromatic carbocycles. The lowest BCUT2D eigenvalue weighted by atomic mass is 10.2. The van der Waals surface area contributed by atoms with Crippen molar-refractivity contribution in [3.05, 3.63) is 29.8 Å². The number of hydrogen-bond acceptors (Lipinski definition) is 3. The predicted molar refractivity (Wildman–Crippen MR) is 57.4 cm³/mol. The monoisotopic (exact) mass is 216 g/mol. The molecular formula is C9H12O2S2. The third-order valence-electron chi connectivity index (χ3n) is 1.64. The Morgan fingerprint density at radius 2 is 2.00 bits per heavy atom. The van der Waals surface area contributed by atoms with Gasteiger partial charge in [-0.05, 0) is 32.0 Å². The van der Waals surface area contributed by atoms with E-state index in [1.807, 2.05) is 31.2 Å². The van der Waals surface area contributed by atoms with E-state index in [0.29, 0.717) is 12.4 Å². The van der Waals surface area contributed by atoms with E-state index in [9.17, 15) is 4.21 Å². The highest BCUT2D eigenvalue weighted by Crippen LogP contribution is 2.08. The van der Waals surface area contributed by atoms with E-state index in [2.05, 4.69) is 17.1 Å². The van der Waals surface area contributed by atoms with Gasteiger partial charge >= 0.3 is 0 Å². The van der Waals surface area contributed by atoms with Crippen molar-refractivity contribution in [2.75, 3.05) is 12.4 Å². The zero-order valence-corrected chi connectivity index (χ0v) is 9.11. The lowest BCUT2D eigenvalue weighted by molar-refractivity contribution is 0.413. The maximum atomic E-state index is 11.5. The van der Waals surface area contributed by atoms with E-state index >= 15 is 0 Å². The zero-order valence-electron chi connectivity index (χ0n) is 7.40. The van der Waals surface area contributed by atoms with E-state index in [1.165, 1.54) is 5.56 Å². The van der Waals surface area contributed by atoms with E-state index in [-0.39, 0.29) is 0 Å². The van der Waals surface area contributed by atoms with Crippen molar-refractivity contribution in [1.29, 1.82) is 0 Å². The molecule has 0 amide bonds. The van der Waals surface area contributed by atoms with E-state index in [4.69, 9.17) is 0 Å². The summed E-state index contributed by atoms with van der Waals surface area (Å²) in [4.78, 5) is 0.844. The van der Waals surface area contributed by atoms with E-state index < -0.39 is 10.8 Å². The molecule has 0 heterocycles. The molecule has 0 spiro atoms. The molecule has 0 aliphatic carbocycles. The fraction of sp³-hybridized carbons (Fsp3) is 0.333. The Morgan fingerprint density at radius 1 is 1.38 bits per heavy atom. The summed E-state index contributed by atoms with van der Waals surface area (Å²) < 4.78 is 16.1. The molecule has 1 atom stereocenters. The van der Waals surface area contributed by atoms with Gasteiger partial charge in [0.25, 0.3) is 0 Å². The quantitative estimate of drug-likeness (QED) is 0.615. The highest BCUT2D eigenvalue weighted by molar-refractivity contribution is 7.85. The van der Waals surface area contributed by atoms with Crippen LogP contribution in [0.5, 0.6) is 0 Å². The molecule has 1 unspecified atom stereocenters. The van der Waals surface area contributed by atoms with Crippen LogP contribution in [0.25, 0.3) is 0 Å². The van der Waals surface area contributed by atoms with Crippen molar-refractivity contribution in [1.82, 2.24) is 0 Å². The first-order valence-electron chi connectivity index (χ1n) is 3.95. The largest absolute Gasteiger partial charge is 0.318 e. The van der Waals surface area contributed by atoms with Crippen molar-refractivity contribution in [2.45, 2.75) is 11.8 Å². The lowest BCUT2D eigenvalue weighted by Crippen LogP contribution is -2.02. The summed E-state index contributed by atoms with van der Waals surface area (Å²) in [7, 11) is -0.965. The topological polar surface area (TPSA) is 26.3 Å². The molecule has 0 bridgehead atoms. The molecule has 0 saturated heterocycles. The summed E-state index contributed by atoms with van der Waals surface area (Å²) >= 11 is 3.59. The SMILES string of the molecule is Cc1ccc(S(=O)CCOS)cc1. The van der Waals surface area contributed by atoms with Gasteiger partial charge in [0.1, 0.15) is 0 Å². The fourth-order valence-electron chi connectivity index (χ4n) is 0.921. The molecule has 0 fully saturated rings. The first kappa shape index (κ1) is 10.8. The van der Waals surface area contributed by atoms with Gasteiger partial charge in [-0.3, -0.25) is 4.21 Å². The minimum atomic E-state index is -0.965. The first-order valence-corrected chi connectivity index (χ1v) is 5.64. The number of benzene rings is 1. The van der Waals surface area contributed by atoms with Crippen LogP contribution >= 0.6 is 12.9 Å². The Labute approximate surface area is 86.4 Å². The molecule has 0 aliphatic heterocycles. The van der Waals surface area contributed by atoms with Gasteiger partial charge in [0, 0.05) is 4.90 Å². The summed E-state index contributed by atoms with van der Waals surface area (Å²) in [6.45, 7) is 2.41. The number of rotatable bonds is 4. The lowest BCUT2D eigenvalue weighted by Gasteiger charge is -2.00. The molecule has 13 heavy (non-hydrogen) atoms. The summed E-state index contributed by atoms with van der Waals surface area (Å²) in [5.74, 6) is 0.493. The second-order valence-corrected chi connectivity index (χ2v) is 4.52. The molecular weight excluding hydrogens is 204 g/mol. The Hall–Kier alpha value is -0.320. The Morgan fingerprint density at radius 3 is 2.54 bits per heavy atom. The molecule has 0 N–H and O–H groups in total. The molecule has 0 saturated carbocycles. The van der Waals surface area contributed by atoms with Crippen molar-refractivity contribution in [2.24, 2.45) is 0 Å². The molecule has 0 aliphatic rings. The first-order chi connectivity index (χ1) is 6.24. The third kappa shape index (κ3) is 3.50. The van der Waals surface area contributed by atoms with Crippen LogP contribution in [0.2, 0.25) is 0 Å². The summed E-state index contributed by atoms with van der Waals surface area (Å²) in [5.41, 5.74) is 1.17. The smallest absolute Gasteiger partial charge is 0.0729 e. The van der Waals surface area contributed by atoms with Gasteiger partial charge in [-0.2, -0.15) is 0 Å². The summed E-state index contributed by atoms with van der Waals surface area (Å²) in [5, 5.41) is 0. The van der Waals surface area contributed by atoms with Crippen LogP contribution in [-0.2, 0) is 15.0 Å². The molecule has 1 aromatic rings. The van der Waals surface area contributed by atoms with Crippen LogP contribution in [0.1, 0.15) is 5.56 Å². The van der Waals surface area contributed by atoms with Gasteiger partial charge in [-0.1, -0.05) is 17.7 Å². The van der Waals surface area contributed by atoms with Gasteiger partial charge in [0.15, 0.2) is 0 Å². The van der Waals surface area contributed by atoms with Gasteiger partial charge in [0.05, 0.1) is 23.2 Å². The molecule has 0 aromatic heterocycles. The molecule has 72 valence electrons. The van der Waals surface area contributed by atoms with E-state index in [1.54, 1.807) is 0 Å². The molecule has 1 rings (SSSR count). The van der Waals surface area contributed by atoms with Gasteiger partial charge in [0.2, 0.25) is 0 Å². The average molecular weight is 216 g/mol. The van der Waals surface area contributed by atoms with Gasteiger partial charge < -0.3 is 4.18 Å². The standard InChI is InChI=1S/C9H12O2S2/c1-8-2-4-9(5-3-8)13(10)7-6-11-12/h2-5,12H,6-7H2,1H3. The highest BCUT2D eigenvalue weighted by Gasteiger charge is 2.01. The average Bonchev–Trinajstić information content (AvgIpc) is 2.15. The van der Waals surface area contributed by atoms with Crippen molar-refractivity contribution >= 4 is 23.7 Å². The maximum Gasteiger partial charge on any atom is 0.0729 e. The van der Waals surface area contributed by atoms with Crippen LogP contribution in [0.3, 0.4) is 0 Å². The van der Waals surface area contributed by atoms with Crippen molar-refractivity contribution in [3.8, 4) is 0 Å². The highest BCUT2D eigenvalue weighted by atomic mass is 32.2. The Kier molecular flexibility index (Phi) is 4.48. The maximum absolute atomic E-state index is 11.5. The fourth-order valence-corrected chi connectivity index (χ4v) is 2.05. The summed E-state index contributed by atoms with van der Waals surface area (Å²) in [6.07, 6.45) is 0. The number of aryl methyl sites for hydroxylation is 1. The van der Waals surface area contributed by atoms with Crippen molar-refractivity contribution in [3.63, 3.8) is 0 Å². The second kappa shape index (κ2) is 5.42. The number of hydrogen-bond donors (Lipinski definition) is 1. The number of thiol groups is 1. The Balaban J connectivity index is 2.61. The zero-order chi connectivity index (χ0) is 9.68. The van der Waals surface area contributed by atoms with Gasteiger partial charge in [-0.25, -0.2) is 0 Å². The Bertz CT molecular complexity index is 282.